The molecule has 0 unspecified atom stereocenters. The molecule has 4 aliphatic carbocycles. The first-order valence-corrected chi connectivity index (χ1v) is 11.2. The van der Waals surface area contributed by atoms with Crippen molar-refractivity contribution in [1.82, 2.24) is 4.98 Å². The molecule has 140 valence electrons. The van der Waals surface area contributed by atoms with E-state index in [4.69, 9.17) is 0 Å². The molecular weight excluding hydrogens is 380 g/mol. The van der Waals surface area contributed by atoms with E-state index in [1.165, 1.54) is 42.4 Å². The topological polar surface area (TPSA) is 93.9 Å². The van der Waals surface area contributed by atoms with Crippen molar-refractivity contribution >= 4 is 39.1 Å². The number of hydrogen-bond donors (Lipinski definition) is 2. The van der Waals surface area contributed by atoms with Crippen molar-refractivity contribution in [3.63, 3.8) is 0 Å². The van der Waals surface area contributed by atoms with E-state index in [1.807, 2.05) is 0 Å². The molecule has 0 radical (unpaired) electrons. The van der Waals surface area contributed by atoms with Gasteiger partial charge >= 0.3 is 0 Å². The Labute approximate surface area is 164 Å². The molecule has 4 bridgehead atoms. The minimum Gasteiger partial charge on any atom is -0.506 e. The van der Waals surface area contributed by atoms with E-state index < -0.39 is 5.56 Å². The van der Waals surface area contributed by atoms with Crippen LogP contribution in [0.3, 0.4) is 0 Å². The Morgan fingerprint density at radius 3 is 2.52 bits per heavy atom. The number of nitrogens with zero attached hydrogens (tertiary/aromatic N) is 1. The molecule has 5 nitrogen and oxygen atoms in total. The summed E-state index contributed by atoms with van der Waals surface area (Å²) in [6.45, 7) is 0. The van der Waals surface area contributed by atoms with Gasteiger partial charge in [0.15, 0.2) is 0 Å². The highest BCUT2D eigenvalue weighted by atomic mass is 32.2. The Balaban J connectivity index is 1.40. The standard InChI is InChI=1S/C20H20N2O3S2/c21-8-13-17-18(14(23)4-16(25)22-17)27-19(13)26-9-15(24)20-5-10-1-11(6-20)3-12(2-10)7-20/h4,10-12H,1-3,5-7,9H2,(H2,22,23,25). The fourth-order valence-corrected chi connectivity index (χ4v) is 8.38. The van der Waals surface area contributed by atoms with Crippen LogP contribution in [0.2, 0.25) is 0 Å². The van der Waals surface area contributed by atoms with E-state index in [0.29, 0.717) is 31.5 Å². The molecule has 4 saturated carbocycles. The van der Waals surface area contributed by atoms with Crippen LogP contribution in [0.25, 0.3) is 10.2 Å². The molecule has 2 aromatic heterocycles. The average molecular weight is 401 g/mol. The van der Waals surface area contributed by atoms with E-state index in [9.17, 15) is 20.0 Å². The molecule has 2 N–H and O–H groups in total. The zero-order valence-corrected chi connectivity index (χ0v) is 16.4. The molecule has 4 fully saturated rings. The number of pyridine rings is 1. The molecule has 0 spiro atoms. The van der Waals surface area contributed by atoms with Crippen LogP contribution in [-0.4, -0.2) is 21.6 Å². The molecule has 0 aromatic carbocycles. The fraction of sp³-hybridized carbons (Fsp3) is 0.550. The van der Waals surface area contributed by atoms with Crippen molar-refractivity contribution < 1.29 is 9.90 Å². The highest BCUT2D eigenvalue weighted by Crippen LogP contribution is 2.60. The molecule has 6 rings (SSSR count). The van der Waals surface area contributed by atoms with Crippen molar-refractivity contribution in [1.29, 1.82) is 5.26 Å². The number of hydrogen-bond acceptors (Lipinski definition) is 6. The zero-order chi connectivity index (χ0) is 18.8. The molecule has 7 heteroatoms. The third kappa shape index (κ3) is 2.73. The maximum absolute atomic E-state index is 13.2. The van der Waals surface area contributed by atoms with Gasteiger partial charge in [0, 0.05) is 11.5 Å². The maximum atomic E-state index is 13.2. The number of carbonyl (C=O) groups excluding carboxylic acids is 1. The number of aromatic hydroxyl groups is 1. The molecule has 4 aliphatic rings. The van der Waals surface area contributed by atoms with Gasteiger partial charge in [0.05, 0.1) is 20.2 Å². The van der Waals surface area contributed by atoms with Gasteiger partial charge in [-0.3, -0.25) is 9.59 Å². The van der Waals surface area contributed by atoms with Crippen LogP contribution in [0.4, 0.5) is 0 Å². The van der Waals surface area contributed by atoms with Gasteiger partial charge in [-0.25, -0.2) is 0 Å². The average Bonchev–Trinajstić information content (AvgIpc) is 2.96. The van der Waals surface area contributed by atoms with Crippen molar-refractivity contribution in [2.24, 2.45) is 23.2 Å². The van der Waals surface area contributed by atoms with Crippen molar-refractivity contribution in [2.75, 3.05) is 5.75 Å². The number of ketones is 1. The summed E-state index contributed by atoms with van der Waals surface area (Å²) in [7, 11) is 0. The van der Waals surface area contributed by atoms with Gasteiger partial charge in [0.1, 0.15) is 23.2 Å². The maximum Gasteiger partial charge on any atom is 0.252 e. The number of Topliss-reactive ketones (excluding diaryl/α,β-unsaturated/α-hetero) is 1. The molecule has 27 heavy (non-hydrogen) atoms. The second-order valence-electron chi connectivity index (χ2n) is 8.51. The normalized spacial score (nSPS) is 31.3. The smallest absolute Gasteiger partial charge is 0.252 e. The van der Waals surface area contributed by atoms with Gasteiger partial charge in [-0.1, -0.05) is 0 Å². The molecule has 0 atom stereocenters. The summed E-state index contributed by atoms with van der Waals surface area (Å²) in [5, 5.41) is 19.6. The second kappa shape index (κ2) is 6.11. The van der Waals surface area contributed by atoms with E-state index in [0.717, 1.165) is 43.1 Å². The summed E-state index contributed by atoms with van der Waals surface area (Å²) in [6.07, 6.45) is 7.06. The highest BCUT2D eigenvalue weighted by molar-refractivity contribution is 8.02. The van der Waals surface area contributed by atoms with Gasteiger partial charge in [-0.15, -0.1) is 23.1 Å². The molecule has 0 amide bonds. The van der Waals surface area contributed by atoms with Crippen molar-refractivity contribution in [3.05, 3.63) is 22.0 Å². The van der Waals surface area contributed by atoms with Crippen LogP contribution in [0, 0.1) is 34.5 Å². The number of fused-ring (bicyclic) bond motifs is 1. The Hall–Kier alpha value is -1.78. The Morgan fingerprint density at radius 1 is 1.30 bits per heavy atom. The van der Waals surface area contributed by atoms with Gasteiger partial charge in [-0.2, -0.15) is 5.26 Å². The monoisotopic (exact) mass is 400 g/mol. The van der Waals surface area contributed by atoms with Crippen LogP contribution in [-0.2, 0) is 4.79 Å². The lowest BCUT2D eigenvalue weighted by Crippen LogP contribution is -2.50. The van der Waals surface area contributed by atoms with Crippen LogP contribution >= 0.6 is 23.1 Å². The van der Waals surface area contributed by atoms with Gasteiger partial charge in [-0.05, 0) is 56.3 Å². The van der Waals surface area contributed by atoms with Crippen LogP contribution in [0.5, 0.6) is 5.75 Å². The minimum absolute atomic E-state index is 0.116. The fourth-order valence-electron chi connectivity index (χ4n) is 6.00. The largest absolute Gasteiger partial charge is 0.506 e. The van der Waals surface area contributed by atoms with E-state index in [2.05, 4.69) is 11.1 Å². The first-order chi connectivity index (χ1) is 13.0. The number of rotatable bonds is 4. The van der Waals surface area contributed by atoms with Crippen LogP contribution < -0.4 is 5.56 Å². The van der Waals surface area contributed by atoms with Gasteiger partial charge in [0.25, 0.3) is 5.56 Å². The van der Waals surface area contributed by atoms with Gasteiger partial charge < -0.3 is 10.1 Å². The number of carbonyl (C=O) groups is 1. The summed E-state index contributed by atoms with van der Waals surface area (Å²) in [4.78, 5) is 27.5. The lowest BCUT2D eigenvalue weighted by atomic mass is 9.48. The third-order valence-corrected chi connectivity index (χ3v) is 9.18. The predicted molar refractivity (Wildman–Crippen MR) is 105 cm³/mol. The Morgan fingerprint density at radius 2 is 1.93 bits per heavy atom. The molecule has 2 aromatic rings. The van der Waals surface area contributed by atoms with E-state index >= 15 is 0 Å². The summed E-state index contributed by atoms with van der Waals surface area (Å²) in [5.74, 6) is 2.75. The molecule has 0 saturated heterocycles. The lowest BCUT2D eigenvalue weighted by Gasteiger charge is -2.56. The molecule has 2 heterocycles. The number of H-pyrrole nitrogens is 1. The van der Waals surface area contributed by atoms with Crippen molar-refractivity contribution in [3.8, 4) is 11.8 Å². The van der Waals surface area contributed by atoms with E-state index in [1.54, 1.807) is 0 Å². The number of nitriles is 1. The zero-order valence-electron chi connectivity index (χ0n) is 14.8. The summed E-state index contributed by atoms with van der Waals surface area (Å²) >= 11 is 2.65. The summed E-state index contributed by atoms with van der Waals surface area (Å²) in [5.41, 5.74) is 0.154. The first-order valence-electron chi connectivity index (χ1n) is 9.42. The Bertz CT molecular complexity index is 1010. The molecule has 0 aliphatic heterocycles. The number of aromatic amines is 1. The summed E-state index contributed by atoms with van der Waals surface area (Å²) < 4.78 is 1.19. The first kappa shape index (κ1) is 17.3. The second-order valence-corrected chi connectivity index (χ2v) is 10.8. The van der Waals surface area contributed by atoms with Crippen LogP contribution in [0.1, 0.15) is 44.1 Å². The number of nitrogens with one attached hydrogen (secondary N) is 1. The predicted octanol–water partition coefficient (Wildman–Crippen LogP) is 4.04. The number of aromatic nitrogens is 1. The number of thioether (sulfide) groups is 1. The highest BCUT2D eigenvalue weighted by Gasteiger charge is 2.54. The lowest BCUT2D eigenvalue weighted by molar-refractivity contribution is -0.141. The van der Waals surface area contributed by atoms with Crippen molar-refractivity contribution in [2.45, 2.75) is 42.7 Å². The SMILES string of the molecule is N#Cc1c(SCC(=O)C23CC4CC(CC(C4)C2)C3)sc2c(O)cc(=O)[nH]c12. The third-order valence-electron chi connectivity index (χ3n) is 6.70. The number of thiophene rings is 1. The van der Waals surface area contributed by atoms with Gasteiger partial charge in [0.2, 0.25) is 0 Å². The summed E-state index contributed by atoms with van der Waals surface area (Å²) in [6, 6.07) is 3.25. The Kier molecular flexibility index (Phi) is 3.92. The van der Waals surface area contributed by atoms with E-state index in [-0.39, 0.29) is 11.2 Å². The molecular formula is C20H20N2O3S2. The quantitative estimate of drug-likeness (QED) is 0.755. The minimum atomic E-state index is -0.435. The van der Waals surface area contributed by atoms with Crippen LogP contribution in [0.15, 0.2) is 15.1 Å².